The van der Waals surface area contributed by atoms with Gasteiger partial charge < -0.3 is 9.88 Å². The van der Waals surface area contributed by atoms with Crippen molar-refractivity contribution in [1.29, 1.82) is 0 Å². The molecule has 166 valence electrons. The lowest BCUT2D eigenvalue weighted by Crippen LogP contribution is -2.41. The number of aryl methyl sites for hydroxylation is 1. The van der Waals surface area contributed by atoms with Gasteiger partial charge in [0.25, 0.3) is 12.0 Å². The van der Waals surface area contributed by atoms with Crippen molar-refractivity contribution in [2.24, 2.45) is 4.99 Å². The van der Waals surface area contributed by atoms with E-state index in [-0.39, 0.29) is 12.2 Å². The van der Waals surface area contributed by atoms with Crippen LogP contribution in [0.3, 0.4) is 0 Å². The molecule has 0 saturated carbocycles. The average Bonchev–Trinajstić information content (AvgIpc) is 3.14. The molecule has 2 aromatic heterocycles. The van der Waals surface area contributed by atoms with Crippen LogP contribution in [0.15, 0.2) is 64.6 Å². The van der Waals surface area contributed by atoms with Crippen LogP contribution in [0.2, 0.25) is 0 Å². The van der Waals surface area contributed by atoms with Crippen LogP contribution in [0.4, 0.5) is 17.6 Å². The molecule has 0 amide bonds. The van der Waals surface area contributed by atoms with Gasteiger partial charge in [0, 0.05) is 30.1 Å². The summed E-state index contributed by atoms with van der Waals surface area (Å²) >= 11 is 0. The van der Waals surface area contributed by atoms with Gasteiger partial charge in [0.15, 0.2) is 5.82 Å². The Bertz CT molecular complexity index is 1220. The van der Waals surface area contributed by atoms with Crippen molar-refractivity contribution in [2.75, 3.05) is 0 Å². The number of alkyl halides is 2. The number of nitrogens with one attached hydrogen (secondary N) is 1. The van der Waals surface area contributed by atoms with Crippen LogP contribution >= 0.6 is 0 Å². The highest BCUT2D eigenvalue weighted by Crippen LogP contribution is 2.41. The highest BCUT2D eigenvalue weighted by molar-refractivity contribution is 6.01. The van der Waals surface area contributed by atoms with Gasteiger partial charge in [0.1, 0.15) is 22.9 Å². The largest absolute Gasteiger partial charge is 0.364 e. The summed E-state index contributed by atoms with van der Waals surface area (Å²) in [5.74, 6) is -1.03. The molecule has 0 saturated heterocycles. The molecule has 0 radical (unpaired) electrons. The zero-order valence-corrected chi connectivity index (χ0v) is 17.3. The minimum absolute atomic E-state index is 0.272. The molecule has 3 aromatic rings. The second-order valence-corrected chi connectivity index (χ2v) is 7.54. The van der Waals surface area contributed by atoms with Crippen LogP contribution in [-0.2, 0) is 12.1 Å². The molecular formula is C23H20F4N4O. The molecule has 0 aliphatic carbocycles. The van der Waals surface area contributed by atoms with Crippen LogP contribution in [0.25, 0.3) is 0 Å². The van der Waals surface area contributed by atoms with Gasteiger partial charge in [-0.3, -0.25) is 9.78 Å². The van der Waals surface area contributed by atoms with Gasteiger partial charge >= 0.3 is 0 Å². The first-order valence-corrected chi connectivity index (χ1v) is 10.0. The summed E-state index contributed by atoms with van der Waals surface area (Å²) in [6.07, 6.45) is 0.105. The van der Waals surface area contributed by atoms with Gasteiger partial charge in [-0.2, -0.15) is 0 Å². The summed E-state index contributed by atoms with van der Waals surface area (Å²) in [6, 6.07) is 9.12. The second kappa shape index (κ2) is 8.22. The molecule has 1 unspecified atom stereocenters. The minimum Gasteiger partial charge on any atom is -0.364 e. The van der Waals surface area contributed by atoms with Gasteiger partial charge in [0.2, 0.25) is 0 Å². The Kier molecular flexibility index (Phi) is 5.58. The van der Waals surface area contributed by atoms with E-state index in [0.29, 0.717) is 22.5 Å². The molecule has 1 N–H and O–H groups in total. The monoisotopic (exact) mass is 444 g/mol. The Morgan fingerprint density at radius 3 is 2.41 bits per heavy atom. The molecule has 5 nitrogen and oxygen atoms in total. The fourth-order valence-corrected chi connectivity index (χ4v) is 3.99. The Balaban J connectivity index is 1.92. The normalized spacial score (nSPS) is 20.3. The Morgan fingerprint density at radius 2 is 1.81 bits per heavy atom. The number of pyridine rings is 2. The van der Waals surface area contributed by atoms with E-state index in [9.17, 15) is 22.4 Å². The lowest BCUT2D eigenvalue weighted by molar-refractivity contribution is 0.146. The van der Waals surface area contributed by atoms with Gasteiger partial charge in [-0.05, 0) is 43.7 Å². The number of hydrogen-bond donors (Lipinski definition) is 1. The van der Waals surface area contributed by atoms with Crippen LogP contribution in [0.5, 0.6) is 0 Å². The third-order valence-electron chi connectivity index (χ3n) is 5.66. The fraction of sp³-hybridized carbons (Fsp3) is 0.261. The zero-order valence-electron chi connectivity index (χ0n) is 17.3. The molecule has 0 fully saturated rings. The standard InChI is InChI=1S/C23H20F4N4O/c1-3-31-12-14(10-18(25)22(31)32)21-29-13(2)23(30-21,15-4-7-17(24)8-5-15)16-6-9-19(20(26)27)28-11-16/h4-13,20H,3H2,1-2H3,(H,29,30)/t13-,23?/m0/s1. The maximum Gasteiger partial charge on any atom is 0.286 e. The summed E-state index contributed by atoms with van der Waals surface area (Å²) in [5, 5.41) is 3.21. The van der Waals surface area contributed by atoms with Crippen LogP contribution < -0.4 is 10.9 Å². The van der Waals surface area contributed by atoms with E-state index in [1.165, 1.54) is 41.2 Å². The first-order chi connectivity index (χ1) is 15.3. The maximum atomic E-state index is 14.2. The molecule has 1 aliphatic heterocycles. The Hall–Kier alpha value is -3.49. The first kappa shape index (κ1) is 21.7. The van der Waals surface area contributed by atoms with Crippen molar-refractivity contribution in [3.63, 3.8) is 0 Å². The SMILES string of the molecule is CCn1cc(C2=NC(c3ccc(F)cc3)(c3ccc(C(F)F)nc3)[C@H](C)N2)cc(F)c1=O. The van der Waals surface area contributed by atoms with Gasteiger partial charge in [0.05, 0.1) is 6.04 Å². The third-order valence-corrected chi connectivity index (χ3v) is 5.66. The first-order valence-electron chi connectivity index (χ1n) is 10.0. The maximum absolute atomic E-state index is 14.2. The minimum atomic E-state index is -2.72. The van der Waals surface area contributed by atoms with Crippen molar-refractivity contribution >= 4 is 5.84 Å². The van der Waals surface area contributed by atoms with E-state index in [2.05, 4.69) is 10.3 Å². The number of aliphatic imine (C=N–C) groups is 1. The number of rotatable bonds is 5. The number of benzene rings is 1. The summed E-state index contributed by atoms with van der Waals surface area (Å²) in [4.78, 5) is 20.6. The molecule has 0 bridgehead atoms. The summed E-state index contributed by atoms with van der Waals surface area (Å²) in [7, 11) is 0. The summed E-state index contributed by atoms with van der Waals surface area (Å²) < 4.78 is 55.2. The highest BCUT2D eigenvalue weighted by atomic mass is 19.3. The molecule has 4 rings (SSSR count). The third kappa shape index (κ3) is 3.57. The lowest BCUT2D eigenvalue weighted by atomic mass is 9.79. The quantitative estimate of drug-likeness (QED) is 0.602. The van der Waals surface area contributed by atoms with E-state index < -0.39 is 35.2 Å². The Morgan fingerprint density at radius 1 is 1.12 bits per heavy atom. The van der Waals surface area contributed by atoms with Crippen molar-refractivity contribution in [3.05, 3.63) is 99.2 Å². The molecule has 3 heterocycles. The molecule has 9 heteroatoms. The van der Waals surface area contributed by atoms with Crippen molar-refractivity contribution < 1.29 is 17.6 Å². The number of aromatic nitrogens is 2. The fourth-order valence-electron chi connectivity index (χ4n) is 3.99. The van der Waals surface area contributed by atoms with Crippen LogP contribution in [0.1, 0.15) is 42.7 Å². The van der Waals surface area contributed by atoms with Crippen LogP contribution in [-0.4, -0.2) is 21.4 Å². The number of amidine groups is 1. The van der Waals surface area contributed by atoms with Gasteiger partial charge in [-0.25, -0.2) is 22.6 Å². The van der Waals surface area contributed by atoms with E-state index >= 15 is 0 Å². The second-order valence-electron chi connectivity index (χ2n) is 7.54. The number of hydrogen-bond acceptors (Lipinski definition) is 4. The molecule has 32 heavy (non-hydrogen) atoms. The molecule has 1 aliphatic rings. The van der Waals surface area contributed by atoms with E-state index in [0.717, 1.165) is 6.07 Å². The van der Waals surface area contributed by atoms with Gasteiger partial charge in [-0.1, -0.05) is 18.2 Å². The van der Waals surface area contributed by atoms with Crippen molar-refractivity contribution in [2.45, 2.75) is 38.4 Å². The van der Waals surface area contributed by atoms with Gasteiger partial charge in [-0.15, -0.1) is 0 Å². The van der Waals surface area contributed by atoms with Crippen LogP contribution in [0, 0.1) is 11.6 Å². The summed E-state index contributed by atoms with van der Waals surface area (Å²) in [5.41, 5.74) is -0.780. The topological polar surface area (TPSA) is 59.3 Å². The zero-order chi connectivity index (χ0) is 23.0. The molecule has 0 spiro atoms. The average molecular weight is 444 g/mol. The summed E-state index contributed by atoms with van der Waals surface area (Å²) in [6.45, 7) is 3.82. The number of halogens is 4. The smallest absolute Gasteiger partial charge is 0.286 e. The Labute approximate surface area is 181 Å². The van der Waals surface area contributed by atoms with E-state index in [1.807, 2.05) is 6.92 Å². The van der Waals surface area contributed by atoms with E-state index in [4.69, 9.17) is 4.99 Å². The molecule has 2 atom stereocenters. The molecule has 1 aromatic carbocycles. The highest BCUT2D eigenvalue weighted by Gasteiger charge is 2.45. The lowest BCUT2D eigenvalue weighted by Gasteiger charge is -2.31. The molecular weight excluding hydrogens is 424 g/mol. The van der Waals surface area contributed by atoms with Crippen molar-refractivity contribution in [3.8, 4) is 0 Å². The number of nitrogens with zero attached hydrogens (tertiary/aromatic N) is 3. The van der Waals surface area contributed by atoms with Crippen molar-refractivity contribution in [1.82, 2.24) is 14.9 Å². The predicted octanol–water partition coefficient (Wildman–Crippen LogP) is 4.16. The van der Waals surface area contributed by atoms with E-state index in [1.54, 1.807) is 19.1 Å². The predicted molar refractivity (Wildman–Crippen MR) is 112 cm³/mol.